The second-order valence-electron chi connectivity index (χ2n) is 23.9. The molecule has 0 amide bonds. The maximum Gasteiger partial charge on any atom is 0.200 e. The first-order chi connectivity index (χ1) is 43.4. The third-order valence-electron chi connectivity index (χ3n) is 17.3. The minimum atomic E-state index is -7.22. The van der Waals surface area contributed by atoms with Crippen molar-refractivity contribution in [3.05, 3.63) is 141 Å². The zero-order valence-electron chi connectivity index (χ0n) is 52.4. The third kappa shape index (κ3) is 20.3. The fourth-order valence-corrected chi connectivity index (χ4v) is 12.0. The Morgan fingerprint density at radius 3 is 0.670 bits per heavy atom. The minimum absolute atomic E-state index is 1.18. The average Bonchev–Trinajstić information content (AvgIpc) is 0.684. The Morgan fingerprint density at radius 2 is 0.451 bits per heavy atom. The Kier molecular flexibility index (Phi) is 33.7. The van der Waals surface area contributed by atoms with E-state index in [4.69, 9.17) is 0 Å². The lowest BCUT2D eigenvalue weighted by molar-refractivity contribution is -0.810. The van der Waals surface area contributed by atoms with E-state index in [1.807, 2.05) is 0 Å². The fraction of sp³-hybridized carbons (Fsp3) is 0.559. The highest BCUT2D eigenvalue weighted by atomic mass is 19.2. The number of hydrogen-bond acceptors (Lipinski definition) is 1. The average molecular weight is 1320 g/mol. The molecular formula is C68H85BF20N2. The Bertz CT molecular complexity index is 2610. The van der Waals surface area contributed by atoms with E-state index < -0.39 is 144 Å². The number of nitrogens with one attached hydrogen (secondary N) is 1. The molecular weight excluding hydrogens is 1240 g/mol. The first-order valence-corrected chi connectivity index (χ1v) is 32.3. The Morgan fingerprint density at radius 1 is 0.264 bits per heavy atom. The number of rotatable bonds is 40. The summed E-state index contributed by atoms with van der Waals surface area (Å²) in [5.41, 5.74) is -11.5. The molecule has 1 atom stereocenters. The number of halogens is 20. The SMILES string of the molecule is CCCCCCCCCCCCCCCCCCN(C)c1ccc([NH+](C)CCCCCCCCCCCCCCCCCC)cc1.Fc1c(F)c(F)c([B-](c2c(F)c(F)c(F)c(F)c2F)(c2c(F)c(F)c(F)c(F)c2F)c2c(F)c(F)c(F)c(F)c2F)c(F)c1F. The topological polar surface area (TPSA) is 7.68 Å². The molecule has 0 saturated carbocycles. The van der Waals surface area contributed by atoms with Crippen LogP contribution in [0.15, 0.2) is 24.3 Å². The van der Waals surface area contributed by atoms with Crippen molar-refractivity contribution >= 4 is 39.4 Å². The van der Waals surface area contributed by atoms with Crippen molar-refractivity contribution < 1.29 is 92.7 Å². The van der Waals surface area contributed by atoms with E-state index >= 15 is 35.1 Å². The van der Waals surface area contributed by atoms with Gasteiger partial charge in [0.15, 0.2) is 69.8 Å². The molecule has 5 aromatic carbocycles. The van der Waals surface area contributed by atoms with E-state index in [1.165, 1.54) is 230 Å². The van der Waals surface area contributed by atoms with Crippen LogP contribution >= 0.6 is 0 Å². The highest BCUT2D eigenvalue weighted by molar-refractivity contribution is 7.20. The van der Waals surface area contributed by atoms with E-state index in [9.17, 15) is 52.7 Å². The van der Waals surface area contributed by atoms with Crippen LogP contribution in [0.2, 0.25) is 0 Å². The maximum absolute atomic E-state index is 15.4. The second kappa shape index (κ2) is 39.3. The Balaban J connectivity index is 0.000000388. The molecule has 91 heavy (non-hydrogen) atoms. The second-order valence-corrected chi connectivity index (χ2v) is 23.9. The van der Waals surface area contributed by atoms with Gasteiger partial charge in [-0.1, -0.05) is 200 Å². The summed E-state index contributed by atoms with van der Waals surface area (Å²) in [6.07, 6.45) is 38.9. The number of anilines is 1. The van der Waals surface area contributed by atoms with Crippen molar-refractivity contribution in [3.63, 3.8) is 0 Å². The van der Waals surface area contributed by atoms with Gasteiger partial charge in [0, 0.05) is 31.4 Å². The van der Waals surface area contributed by atoms with E-state index in [0.29, 0.717) is 0 Å². The summed E-state index contributed by atoms with van der Waals surface area (Å²) in [5.74, 6) is -71.4. The van der Waals surface area contributed by atoms with Crippen LogP contribution < -0.4 is 31.7 Å². The molecule has 0 aliphatic heterocycles. The molecule has 1 unspecified atom stereocenters. The summed E-state index contributed by atoms with van der Waals surface area (Å²) in [6.45, 7) is 7.05. The molecule has 23 heteroatoms. The molecule has 0 aliphatic carbocycles. The smallest absolute Gasteiger partial charge is 0.200 e. The van der Waals surface area contributed by atoms with Crippen LogP contribution in [0, 0.1) is 116 Å². The molecule has 2 nitrogen and oxygen atoms in total. The molecule has 510 valence electrons. The zero-order valence-corrected chi connectivity index (χ0v) is 52.4. The monoisotopic (exact) mass is 1320 g/mol. The number of unbranched alkanes of at least 4 members (excludes halogenated alkanes) is 30. The standard InChI is InChI=1S/C44H84N2.C24BF20/c1-5-7-9-11-13-15-17-19-21-23-25-27-29-31-33-35-41-45(3)43-37-39-44(40-38-43)46(4)42-36-34-32-30-28-26-24-22-20-18-16-14-12-10-8-6-2;26-5-1(6(27)14(35)21(42)13(5)34)25(2-7(28)15(36)22(43)16(37)8(2)29,3-9(30)17(38)23(44)18(39)10(3)31)4-11(32)19(40)24(45)20(41)12(4)33/h37-40H,5-36,41-42H2,1-4H3;/q;-1/p+1. The Labute approximate surface area is 522 Å². The van der Waals surface area contributed by atoms with Crippen molar-refractivity contribution in [3.8, 4) is 0 Å². The number of hydrogen-bond donors (Lipinski definition) is 1. The van der Waals surface area contributed by atoms with Crippen LogP contribution in [-0.2, 0) is 0 Å². The van der Waals surface area contributed by atoms with Crippen molar-refractivity contribution in [1.29, 1.82) is 0 Å². The van der Waals surface area contributed by atoms with Gasteiger partial charge in [-0.2, -0.15) is 0 Å². The fourth-order valence-electron chi connectivity index (χ4n) is 12.0. The quantitative estimate of drug-likeness (QED) is 0.0135. The van der Waals surface area contributed by atoms with Gasteiger partial charge in [-0.05, 0) is 31.4 Å². The van der Waals surface area contributed by atoms with Gasteiger partial charge in [0.2, 0.25) is 0 Å². The van der Waals surface area contributed by atoms with Crippen molar-refractivity contribution in [2.45, 2.75) is 219 Å². The van der Waals surface area contributed by atoms with Gasteiger partial charge in [-0.25, -0.2) is 87.8 Å². The summed E-state index contributed by atoms with van der Waals surface area (Å²) in [4.78, 5) is 4.02. The van der Waals surface area contributed by atoms with Crippen molar-refractivity contribution in [1.82, 2.24) is 0 Å². The largest absolute Gasteiger partial charge is 0.375 e. The van der Waals surface area contributed by atoms with Gasteiger partial charge in [0.25, 0.3) is 0 Å². The van der Waals surface area contributed by atoms with Crippen LogP contribution in [0.3, 0.4) is 0 Å². The molecule has 0 bridgehead atoms. The van der Waals surface area contributed by atoms with Crippen molar-refractivity contribution in [2.75, 3.05) is 32.1 Å². The summed E-state index contributed by atoms with van der Waals surface area (Å²) in [7, 11) is 4.62. The minimum Gasteiger partial charge on any atom is -0.375 e. The molecule has 0 aromatic heterocycles. The Hall–Kier alpha value is -5.48. The summed E-state index contributed by atoms with van der Waals surface area (Å²) >= 11 is 0. The molecule has 0 aliphatic rings. The van der Waals surface area contributed by atoms with Crippen LogP contribution in [0.4, 0.5) is 99.2 Å². The van der Waals surface area contributed by atoms with Crippen molar-refractivity contribution in [2.24, 2.45) is 0 Å². The predicted octanol–water partition coefficient (Wildman–Crippen LogP) is 19.6. The number of benzene rings is 5. The van der Waals surface area contributed by atoms with Gasteiger partial charge in [-0.3, -0.25) is 0 Å². The summed E-state index contributed by atoms with van der Waals surface area (Å²) < 4.78 is 294. The van der Waals surface area contributed by atoms with Crippen LogP contribution in [0.5, 0.6) is 0 Å². The lowest BCUT2D eigenvalue weighted by atomic mass is 9.12. The van der Waals surface area contributed by atoms with E-state index in [0.717, 1.165) is 0 Å². The number of nitrogens with zero attached hydrogens (tertiary/aromatic N) is 1. The van der Waals surface area contributed by atoms with E-state index in [1.54, 1.807) is 4.90 Å². The first-order valence-electron chi connectivity index (χ1n) is 32.3. The molecule has 0 saturated heterocycles. The predicted molar refractivity (Wildman–Crippen MR) is 319 cm³/mol. The molecule has 0 fully saturated rings. The van der Waals surface area contributed by atoms with Gasteiger partial charge in [0.1, 0.15) is 58.4 Å². The molecule has 5 aromatic rings. The van der Waals surface area contributed by atoms with E-state index in [-0.39, 0.29) is 0 Å². The van der Waals surface area contributed by atoms with Crippen LogP contribution in [0.25, 0.3) is 0 Å². The van der Waals surface area contributed by atoms with Crippen LogP contribution in [0.1, 0.15) is 219 Å². The van der Waals surface area contributed by atoms with Gasteiger partial charge < -0.3 is 9.80 Å². The third-order valence-corrected chi connectivity index (χ3v) is 17.3. The van der Waals surface area contributed by atoms with Crippen LogP contribution in [-0.4, -0.2) is 33.3 Å². The molecule has 1 N–H and O–H groups in total. The normalized spacial score (nSPS) is 12.1. The highest BCUT2D eigenvalue weighted by Gasteiger charge is 2.52. The lowest BCUT2D eigenvalue weighted by Gasteiger charge is -2.44. The molecule has 5 rings (SSSR count). The van der Waals surface area contributed by atoms with Gasteiger partial charge in [-0.15, -0.1) is 21.9 Å². The molecule has 0 radical (unpaired) electrons. The van der Waals surface area contributed by atoms with E-state index in [2.05, 4.69) is 57.1 Å². The first kappa shape index (κ1) is 78.0. The maximum atomic E-state index is 15.4. The molecule has 0 heterocycles. The number of quaternary nitrogens is 1. The lowest BCUT2D eigenvalue weighted by Crippen LogP contribution is -3.03. The van der Waals surface area contributed by atoms with Gasteiger partial charge in [0.05, 0.1) is 13.6 Å². The summed E-state index contributed by atoms with van der Waals surface area (Å²) in [6, 6.07) is 9.42. The molecule has 0 spiro atoms. The van der Waals surface area contributed by atoms with Gasteiger partial charge >= 0.3 is 0 Å². The highest BCUT2D eigenvalue weighted by Crippen LogP contribution is 2.31. The zero-order chi connectivity index (χ0) is 67.5. The summed E-state index contributed by atoms with van der Waals surface area (Å²) in [5, 5.41) is 0.